The molecule has 0 radical (unpaired) electrons. The number of rotatable bonds is 6. The Kier molecular flexibility index (Phi) is 4.72. The van der Waals surface area contributed by atoms with Gasteiger partial charge in [0.25, 0.3) is 0 Å². The number of nitrogen functional groups attached to an aromatic ring is 1. The summed E-state index contributed by atoms with van der Waals surface area (Å²) in [6.45, 7) is 6.65. The van der Waals surface area contributed by atoms with E-state index in [1.807, 2.05) is 12.3 Å². The average molecular weight is 323 g/mol. The lowest BCUT2D eigenvalue weighted by molar-refractivity contribution is 0.337. The SMILES string of the molecule is Cc1nc(-c2c(N)nsc2NCCCN2CCCC2)cs1. The molecule has 1 aliphatic heterocycles. The van der Waals surface area contributed by atoms with Crippen LogP contribution in [0.5, 0.6) is 0 Å². The zero-order valence-electron chi connectivity index (χ0n) is 12.3. The predicted octanol–water partition coefficient (Wildman–Crippen LogP) is 3.06. The zero-order valence-corrected chi connectivity index (χ0v) is 13.9. The van der Waals surface area contributed by atoms with Crippen molar-refractivity contribution in [2.75, 3.05) is 37.2 Å². The molecule has 0 atom stereocenters. The molecule has 114 valence electrons. The van der Waals surface area contributed by atoms with E-state index in [4.69, 9.17) is 5.73 Å². The zero-order chi connectivity index (χ0) is 14.7. The van der Waals surface area contributed by atoms with E-state index in [-0.39, 0.29) is 0 Å². The van der Waals surface area contributed by atoms with E-state index in [0.717, 1.165) is 34.2 Å². The van der Waals surface area contributed by atoms with E-state index < -0.39 is 0 Å². The van der Waals surface area contributed by atoms with Crippen molar-refractivity contribution in [3.05, 3.63) is 10.4 Å². The molecule has 1 saturated heterocycles. The minimum Gasteiger partial charge on any atom is -0.382 e. The number of aromatic nitrogens is 2. The molecule has 0 unspecified atom stereocenters. The Balaban J connectivity index is 1.58. The fourth-order valence-corrected chi connectivity index (χ4v) is 4.01. The molecule has 0 amide bonds. The first-order valence-electron chi connectivity index (χ1n) is 7.38. The molecule has 21 heavy (non-hydrogen) atoms. The minimum absolute atomic E-state index is 0.576. The Morgan fingerprint density at radius 1 is 1.38 bits per heavy atom. The van der Waals surface area contributed by atoms with E-state index in [0.29, 0.717) is 5.82 Å². The molecule has 2 aromatic rings. The molecule has 0 saturated carbocycles. The van der Waals surface area contributed by atoms with Crippen molar-refractivity contribution in [3.8, 4) is 11.3 Å². The molecular weight excluding hydrogens is 302 g/mol. The van der Waals surface area contributed by atoms with Crippen molar-refractivity contribution in [3.63, 3.8) is 0 Å². The van der Waals surface area contributed by atoms with E-state index >= 15 is 0 Å². The minimum atomic E-state index is 0.576. The van der Waals surface area contributed by atoms with E-state index in [1.165, 1.54) is 44.0 Å². The van der Waals surface area contributed by atoms with Gasteiger partial charge in [-0.1, -0.05) is 0 Å². The fourth-order valence-electron chi connectivity index (χ4n) is 2.66. The van der Waals surface area contributed by atoms with Crippen LogP contribution in [0.1, 0.15) is 24.3 Å². The number of thiazole rings is 1. The summed E-state index contributed by atoms with van der Waals surface area (Å²) in [6, 6.07) is 0. The molecule has 1 fully saturated rings. The first kappa shape index (κ1) is 14.7. The van der Waals surface area contributed by atoms with Crippen molar-refractivity contribution in [2.45, 2.75) is 26.2 Å². The number of anilines is 2. The van der Waals surface area contributed by atoms with Crippen molar-refractivity contribution >= 4 is 33.7 Å². The van der Waals surface area contributed by atoms with Crippen molar-refractivity contribution in [2.24, 2.45) is 0 Å². The first-order valence-corrected chi connectivity index (χ1v) is 9.03. The number of likely N-dealkylation sites (tertiary alicyclic amines) is 1. The lowest BCUT2D eigenvalue weighted by Gasteiger charge is -2.14. The molecule has 2 aromatic heterocycles. The van der Waals surface area contributed by atoms with Crippen LogP contribution in [0, 0.1) is 6.92 Å². The summed E-state index contributed by atoms with van der Waals surface area (Å²) >= 11 is 3.07. The molecular formula is C14H21N5S2. The Morgan fingerprint density at radius 3 is 2.90 bits per heavy atom. The molecule has 0 aromatic carbocycles. The second kappa shape index (κ2) is 6.72. The molecule has 3 N–H and O–H groups in total. The van der Waals surface area contributed by atoms with Crippen LogP contribution in [0.2, 0.25) is 0 Å². The summed E-state index contributed by atoms with van der Waals surface area (Å²) in [5, 5.41) is 7.62. The van der Waals surface area contributed by atoms with E-state index in [2.05, 4.69) is 19.6 Å². The monoisotopic (exact) mass is 323 g/mol. The number of aryl methyl sites for hydroxylation is 1. The van der Waals surface area contributed by atoms with Crippen LogP contribution in [-0.4, -0.2) is 40.4 Å². The van der Waals surface area contributed by atoms with Gasteiger partial charge in [-0.25, -0.2) is 4.98 Å². The van der Waals surface area contributed by atoms with Gasteiger partial charge < -0.3 is 16.0 Å². The highest BCUT2D eigenvalue weighted by atomic mass is 32.1. The van der Waals surface area contributed by atoms with Gasteiger partial charge in [0.2, 0.25) is 0 Å². The molecule has 0 bridgehead atoms. The van der Waals surface area contributed by atoms with Gasteiger partial charge in [0.05, 0.1) is 16.3 Å². The Hall–Kier alpha value is -1.18. The van der Waals surface area contributed by atoms with Crippen LogP contribution in [0.4, 0.5) is 10.8 Å². The largest absolute Gasteiger partial charge is 0.382 e. The highest BCUT2D eigenvalue weighted by molar-refractivity contribution is 7.11. The van der Waals surface area contributed by atoms with Gasteiger partial charge >= 0.3 is 0 Å². The molecule has 5 nitrogen and oxygen atoms in total. The summed E-state index contributed by atoms with van der Waals surface area (Å²) in [5.74, 6) is 0.576. The Morgan fingerprint density at radius 2 is 2.19 bits per heavy atom. The van der Waals surface area contributed by atoms with E-state index in [9.17, 15) is 0 Å². The van der Waals surface area contributed by atoms with Gasteiger partial charge in [0, 0.05) is 11.9 Å². The first-order chi connectivity index (χ1) is 10.2. The maximum atomic E-state index is 6.00. The number of nitrogens with two attached hydrogens (primary N) is 1. The molecule has 3 rings (SSSR count). The fraction of sp³-hybridized carbons (Fsp3) is 0.571. The normalized spacial score (nSPS) is 15.7. The van der Waals surface area contributed by atoms with Crippen LogP contribution in [-0.2, 0) is 0 Å². The van der Waals surface area contributed by atoms with Gasteiger partial charge in [-0.3, -0.25) is 0 Å². The molecule has 3 heterocycles. The van der Waals surface area contributed by atoms with Gasteiger partial charge in [0.15, 0.2) is 0 Å². The van der Waals surface area contributed by atoms with Crippen LogP contribution in [0.15, 0.2) is 5.38 Å². The third kappa shape index (κ3) is 3.53. The second-order valence-corrected chi connectivity index (χ2v) is 7.19. The highest BCUT2D eigenvalue weighted by Crippen LogP contribution is 2.36. The number of nitrogens with zero attached hydrogens (tertiary/aromatic N) is 3. The highest BCUT2D eigenvalue weighted by Gasteiger charge is 2.16. The lowest BCUT2D eigenvalue weighted by Crippen LogP contribution is -2.22. The quantitative estimate of drug-likeness (QED) is 0.800. The van der Waals surface area contributed by atoms with Crippen LogP contribution in [0.25, 0.3) is 11.3 Å². The Bertz CT molecular complexity index is 586. The standard InChI is InChI=1S/C14H21N5S2/c1-10-17-11(9-20-10)12-13(15)18-21-14(12)16-5-4-8-19-6-2-3-7-19/h9,16H,2-8H2,1H3,(H2,15,18). The van der Waals surface area contributed by atoms with Crippen LogP contribution < -0.4 is 11.1 Å². The maximum absolute atomic E-state index is 6.00. The van der Waals surface area contributed by atoms with Crippen molar-refractivity contribution < 1.29 is 0 Å². The smallest absolute Gasteiger partial charge is 0.148 e. The van der Waals surface area contributed by atoms with Gasteiger partial charge in [0.1, 0.15) is 10.8 Å². The topological polar surface area (TPSA) is 67.1 Å². The van der Waals surface area contributed by atoms with Gasteiger partial charge in [-0.15, -0.1) is 11.3 Å². The summed E-state index contributed by atoms with van der Waals surface area (Å²) in [7, 11) is 0. The summed E-state index contributed by atoms with van der Waals surface area (Å²) < 4.78 is 4.27. The van der Waals surface area contributed by atoms with Crippen LogP contribution in [0.3, 0.4) is 0 Å². The third-order valence-corrected chi connectivity index (χ3v) is 5.32. The number of hydrogen-bond donors (Lipinski definition) is 2. The van der Waals surface area contributed by atoms with Gasteiger partial charge in [-0.05, 0) is 57.4 Å². The van der Waals surface area contributed by atoms with Gasteiger partial charge in [-0.2, -0.15) is 4.37 Å². The van der Waals surface area contributed by atoms with Crippen molar-refractivity contribution in [1.29, 1.82) is 0 Å². The predicted molar refractivity (Wildman–Crippen MR) is 91.2 cm³/mol. The number of nitrogens with one attached hydrogen (secondary N) is 1. The Labute approximate surface area is 133 Å². The lowest BCUT2D eigenvalue weighted by atomic mass is 10.2. The molecule has 7 heteroatoms. The molecule has 0 aliphatic carbocycles. The van der Waals surface area contributed by atoms with Crippen LogP contribution >= 0.6 is 22.9 Å². The average Bonchev–Trinajstić information content (AvgIpc) is 3.17. The maximum Gasteiger partial charge on any atom is 0.148 e. The molecule has 1 aliphatic rings. The molecule has 0 spiro atoms. The summed E-state index contributed by atoms with van der Waals surface area (Å²) in [6.07, 6.45) is 3.85. The third-order valence-electron chi connectivity index (χ3n) is 3.73. The van der Waals surface area contributed by atoms with Crippen molar-refractivity contribution in [1.82, 2.24) is 14.3 Å². The van der Waals surface area contributed by atoms with E-state index in [1.54, 1.807) is 11.3 Å². The number of hydrogen-bond acceptors (Lipinski definition) is 7. The summed E-state index contributed by atoms with van der Waals surface area (Å²) in [5.41, 5.74) is 7.90. The second-order valence-electron chi connectivity index (χ2n) is 5.35. The summed E-state index contributed by atoms with van der Waals surface area (Å²) in [4.78, 5) is 7.06.